The summed E-state index contributed by atoms with van der Waals surface area (Å²) in [6.07, 6.45) is -0.409. The Labute approximate surface area is 229 Å². The van der Waals surface area contributed by atoms with Gasteiger partial charge >= 0.3 is 5.97 Å². The van der Waals surface area contributed by atoms with Crippen LogP contribution in [0.25, 0.3) is 11.1 Å². The monoisotopic (exact) mass is 517 g/mol. The maximum Gasteiger partial charge on any atom is 0.340 e. The number of ether oxygens (including phenoxy) is 2. The van der Waals surface area contributed by atoms with Crippen LogP contribution in [0.15, 0.2) is 109 Å². The number of carbonyl (C=O) groups excluding carboxylic acids is 2. The SMILES string of the molecule is CO[C@@H](C(=O)O[C@@H](C)[C@@H]1CCC(=O)N1C1(c2ccccc2)c2ccccc2-c2ccccc21)c1ccccc1. The van der Waals surface area contributed by atoms with E-state index >= 15 is 0 Å². The molecule has 0 spiro atoms. The molecule has 1 fully saturated rings. The fourth-order valence-corrected chi connectivity index (χ4v) is 6.51. The molecule has 0 saturated carbocycles. The highest BCUT2D eigenvalue weighted by atomic mass is 16.6. The van der Waals surface area contributed by atoms with Crippen LogP contribution in [0, 0.1) is 0 Å². The lowest BCUT2D eigenvalue weighted by molar-refractivity contribution is -0.165. The summed E-state index contributed by atoms with van der Waals surface area (Å²) >= 11 is 0. The highest BCUT2D eigenvalue weighted by Gasteiger charge is 2.55. The Kier molecular flexibility index (Phi) is 6.53. The second-order valence-corrected chi connectivity index (χ2v) is 10.2. The number of rotatable bonds is 7. The minimum absolute atomic E-state index is 0.0459. The molecule has 0 unspecified atom stereocenters. The standard InChI is InChI=1S/C34H31NO4/c1-23(39-33(37)32(38-2)24-13-5-3-6-14-24)30-21-22-31(36)35(30)34(25-15-7-4-8-16-25)28-19-11-9-17-26(28)27-18-10-12-20-29(27)34/h3-20,23,30,32H,21-22H2,1-2H3/t23-,30-,32+/m0/s1. The van der Waals surface area contributed by atoms with E-state index in [1.54, 1.807) is 0 Å². The van der Waals surface area contributed by atoms with Crippen molar-refractivity contribution in [3.8, 4) is 11.1 Å². The van der Waals surface area contributed by atoms with Crippen molar-refractivity contribution in [3.63, 3.8) is 0 Å². The third-order valence-electron chi connectivity index (χ3n) is 8.13. The van der Waals surface area contributed by atoms with Gasteiger partial charge in [-0.25, -0.2) is 4.79 Å². The van der Waals surface area contributed by atoms with Crippen molar-refractivity contribution in [1.82, 2.24) is 4.90 Å². The lowest BCUT2D eigenvalue weighted by Gasteiger charge is -2.46. The number of likely N-dealkylation sites (tertiary alicyclic amines) is 1. The van der Waals surface area contributed by atoms with Crippen LogP contribution in [0.4, 0.5) is 0 Å². The molecule has 4 aromatic rings. The molecular formula is C34H31NO4. The van der Waals surface area contributed by atoms with Crippen LogP contribution in [0.1, 0.15) is 48.1 Å². The largest absolute Gasteiger partial charge is 0.458 e. The molecule has 1 heterocycles. The zero-order chi connectivity index (χ0) is 27.0. The molecule has 0 radical (unpaired) electrons. The van der Waals surface area contributed by atoms with Crippen LogP contribution < -0.4 is 0 Å². The lowest BCUT2D eigenvalue weighted by Crippen LogP contribution is -2.54. The van der Waals surface area contributed by atoms with E-state index in [9.17, 15) is 9.59 Å². The number of carbonyl (C=O) groups is 2. The molecule has 1 aliphatic carbocycles. The summed E-state index contributed by atoms with van der Waals surface area (Å²) in [5, 5.41) is 0. The Morgan fingerprint density at radius 1 is 0.821 bits per heavy atom. The van der Waals surface area contributed by atoms with Crippen molar-refractivity contribution in [1.29, 1.82) is 0 Å². The molecule has 196 valence electrons. The van der Waals surface area contributed by atoms with Gasteiger partial charge < -0.3 is 14.4 Å². The Morgan fingerprint density at radius 2 is 1.36 bits per heavy atom. The van der Waals surface area contributed by atoms with Crippen LogP contribution in [0.5, 0.6) is 0 Å². The average molecular weight is 518 g/mol. The maximum absolute atomic E-state index is 13.9. The average Bonchev–Trinajstić information content (AvgIpc) is 3.50. The molecule has 1 amide bonds. The van der Waals surface area contributed by atoms with E-state index in [-0.39, 0.29) is 11.9 Å². The first-order valence-corrected chi connectivity index (χ1v) is 13.4. The van der Waals surface area contributed by atoms with Gasteiger partial charge in [-0.2, -0.15) is 0 Å². The quantitative estimate of drug-likeness (QED) is 0.271. The van der Waals surface area contributed by atoms with Crippen molar-refractivity contribution in [2.75, 3.05) is 7.11 Å². The molecule has 1 aliphatic heterocycles. The van der Waals surface area contributed by atoms with Gasteiger partial charge in [0.15, 0.2) is 6.10 Å². The van der Waals surface area contributed by atoms with Crippen molar-refractivity contribution >= 4 is 11.9 Å². The van der Waals surface area contributed by atoms with E-state index in [2.05, 4.69) is 36.4 Å². The highest BCUT2D eigenvalue weighted by molar-refractivity contribution is 5.89. The topological polar surface area (TPSA) is 55.8 Å². The molecule has 3 atom stereocenters. The molecule has 5 nitrogen and oxygen atoms in total. The second-order valence-electron chi connectivity index (χ2n) is 10.2. The normalized spacial score (nSPS) is 18.8. The van der Waals surface area contributed by atoms with E-state index in [0.29, 0.717) is 12.8 Å². The van der Waals surface area contributed by atoms with Gasteiger partial charge in [0.1, 0.15) is 11.6 Å². The van der Waals surface area contributed by atoms with Crippen LogP contribution in [-0.4, -0.2) is 36.0 Å². The molecule has 0 aromatic heterocycles. The molecule has 0 N–H and O–H groups in total. The van der Waals surface area contributed by atoms with E-state index in [1.807, 2.05) is 84.6 Å². The van der Waals surface area contributed by atoms with Gasteiger partial charge in [0, 0.05) is 13.5 Å². The Bertz CT molecular complexity index is 1450. The second kappa shape index (κ2) is 10.2. The molecule has 1 saturated heterocycles. The number of hydrogen-bond donors (Lipinski definition) is 0. The molecule has 6 rings (SSSR count). The lowest BCUT2D eigenvalue weighted by atomic mass is 9.78. The van der Waals surface area contributed by atoms with E-state index in [4.69, 9.17) is 9.47 Å². The summed E-state index contributed by atoms with van der Waals surface area (Å²) in [5.74, 6) is -0.416. The van der Waals surface area contributed by atoms with Gasteiger partial charge in [-0.05, 0) is 46.7 Å². The molecule has 2 aliphatic rings. The summed E-state index contributed by atoms with van der Waals surface area (Å²) in [6, 6.07) is 35.9. The van der Waals surface area contributed by atoms with E-state index in [1.165, 1.54) is 7.11 Å². The molecule has 5 heteroatoms. The highest BCUT2D eigenvalue weighted by Crippen LogP contribution is 2.56. The zero-order valence-corrected chi connectivity index (χ0v) is 22.1. The van der Waals surface area contributed by atoms with Gasteiger partial charge in [-0.3, -0.25) is 4.79 Å². The first kappa shape index (κ1) is 25.1. The summed E-state index contributed by atoms with van der Waals surface area (Å²) in [4.78, 5) is 29.3. The van der Waals surface area contributed by atoms with Crippen molar-refractivity contribution in [3.05, 3.63) is 131 Å². The number of methoxy groups -OCH3 is 1. The van der Waals surface area contributed by atoms with E-state index in [0.717, 1.165) is 33.4 Å². The van der Waals surface area contributed by atoms with Crippen molar-refractivity contribution < 1.29 is 19.1 Å². The number of hydrogen-bond acceptors (Lipinski definition) is 4. The van der Waals surface area contributed by atoms with Crippen LogP contribution in [0.2, 0.25) is 0 Å². The van der Waals surface area contributed by atoms with Crippen molar-refractivity contribution in [2.24, 2.45) is 0 Å². The third-order valence-corrected chi connectivity index (χ3v) is 8.13. The predicted molar refractivity (Wildman–Crippen MR) is 150 cm³/mol. The molecule has 39 heavy (non-hydrogen) atoms. The number of esters is 1. The predicted octanol–water partition coefficient (Wildman–Crippen LogP) is 6.27. The van der Waals surface area contributed by atoms with Crippen LogP contribution in [-0.2, 0) is 24.6 Å². The summed E-state index contributed by atoms with van der Waals surface area (Å²) in [7, 11) is 1.51. The first-order valence-electron chi connectivity index (χ1n) is 13.4. The molecule has 0 bridgehead atoms. The Hall–Kier alpha value is -4.22. The smallest absolute Gasteiger partial charge is 0.340 e. The van der Waals surface area contributed by atoms with Gasteiger partial charge in [-0.1, -0.05) is 109 Å². The number of nitrogens with zero attached hydrogens (tertiary/aromatic N) is 1. The zero-order valence-electron chi connectivity index (χ0n) is 22.1. The summed E-state index contributed by atoms with van der Waals surface area (Å²) in [6.45, 7) is 1.89. The number of fused-ring (bicyclic) bond motifs is 3. The fraction of sp³-hybridized carbons (Fsp3) is 0.235. The van der Waals surface area contributed by atoms with Gasteiger partial charge in [-0.15, -0.1) is 0 Å². The minimum atomic E-state index is -0.840. The number of benzene rings is 4. The summed E-state index contributed by atoms with van der Waals surface area (Å²) < 4.78 is 11.6. The minimum Gasteiger partial charge on any atom is -0.458 e. The van der Waals surface area contributed by atoms with Crippen molar-refractivity contribution in [2.45, 2.75) is 43.6 Å². The third kappa shape index (κ3) is 3.96. The summed E-state index contributed by atoms with van der Waals surface area (Å²) in [5.41, 5.74) is 5.27. The van der Waals surface area contributed by atoms with E-state index < -0.39 is 23.7 Å². The van der Waals surface area contributed by atoms with Gasteiger partial charge in [0.05, 0.1) is 6.04 Å². The Morgan fingerprint density at radius 3 is 1.95 bits per heavy atom. The van der Waals surface area contributed by atoms with Gasteiger partial charge in [0.2, 0.25) is 5.91 Å². The van der Waals surface area contributed by atoms with Crippen LogP contribution in [0.3, 0.4) is 0 Å². The Balaban J connectivity index is 1.45. The first-order chi connectivity index (χ1) is 19.1. The van der Waals surface area contributed by atoms with Gasteiger partial charge in [0.25, 0.3) is 0 Å². The molecule has 4 aromatic carbocycles. The fourth-order valence-electron chi connectivity index (χ4n) is 6.51. The maximum atomic E-state index is 13.9. The van der Waals surface area contributed by atoms with Crippen LogP contribution >= 0.6 is 0 Å². The number of amides is 1. The molecular weight excluding hydrogens is 486 g/mol.